The Labute approximate surface area is 97.6 Å². The van der Waals surface area contributed by atoms with Crippen LogP contribution in [0.4, 0.5) is 0 Å². The minimum atomic E-state index is -2.84. The average Bonchev–Trinajstić information content (AvgIpc) is 2.01. The van der Waals surface area contributed by atoms with E-state index in [1.165, 1.54) is 0 Å². The molecule has 0 amide bonds. The number of nitrogens with two attached hydrogens (primary N) is 1. The Morgan fingerprint density at radius 2 is 1.87 bits per heavy atom. The van der Waals surface area contributed by atoms with Gasteiger partial charge in [-0.05, 0) is 0 Å². The van der Waals surface area contributed by atoms with Gasteiger partial charge in [0.2, 0.25) is 0 Å². The van der Waals surface area contributed by atoms with Crippen LogP contribution in [-0.4, -0.2) is 23.4 Å². The summed E-state index contributed by atoms with van der Waals surface area (Å²) in [7, 11) is -2.84. The van der Waals surface area contributed by atoms with Crippen molar-refractivity contribution in [1.29, 1.82) is 5.26 Å². The molecule has 0 aliphatic rings. The summed E-state index contributed by atoms with van der Waals surface area (Å²) in [4.78, 5) is 0. The van der Waals surface area contributed by atoms with Crippen LogP contribution in [0.3, 0.4) is 0 Å². The quantitative estimate of drug-likeness (QED) is 0.584. The molecule has 0 aromatic heterocycles. The number of nitriles is 1. The molecule has 0 aliphatic carbocycles. The van der Waals surface area contributed by atoms with Crippen molar-refractivity contribution in [1.82, 2.24) is 4.67 Å². The monoisotopic (exact) mass is 253 g/mol. The first-order valence-corrected chi connectivity index (χ1v) is 8.04. The summed E-state index contributed by atoms with van der Waals surface area (Å²) in [5.41, 5.74) is 6.00. The molecule has 0 saturated carbocycles. The zero-order valence-electron chi connectivity index (χ0n) is 9.83. The van der Waals surface area contributed by atoms with Gasteiger partial charge in [0.1, 0.15) is 0 Å². The summed E-state index contributed by atoms with van der Waals surface area (Å²) >= 11 is 6.24. The molecule has 0 unspecified atom stereocenters. The van der Waals surface area contributed by atoms with Gasteiger partial charge in [-0.25, -0.2) is 0 Å². The molecule has 0 aromatic rings. The SMILES string of the molecule is CC(C)N(C(C)C)[PH](N)(Cl)OCCC#N. The molecule has 0 heterocycles. The number of halogens is 1. The van der Waals surface area contributed by atoms with E-state index in [9.17, 15) is 0 Å². The molecular weight excluding hydrogens is 233 g/mol. The van der Waals surface area contributed by atoms with E-state index >= 15 is 0 Å². The van der Waals surface area contributed by atoms with E-state index in [0.717, 1.165) is 0 Å². The third-order valence-corrected chi connectivity index (χ3v) is 5.24. The normalized spacial score (nSPS) is 13.6. The van der Waals surface area contributed by atoms with Gasteiger partial charge in [0.25, 0.3) is 0 Å². The van der Waals surface area contributed by atoms with Crippen molar-refractivity contribution in [2.24, 2.45) is 5.50 Å². The molecule has 15 heavy (non-hydrogen) atoms. The summed E-state index contributed by atoms with van der Waals surface area (Å²) < 4.78 is 7.43. The van der Waals surface area contributed by atoms with Crippen molar-refractivity contribution < 1.29 is 4.52 Å². The Hall–Kier alpha value is 0.0900. The first kappa shape index (κ1) is 15.1. The van der Waals surface area contributed by atoms with E-state index in [-0.39, 0.29) is 12.1 Å². The molecule has 0 spiro atoms. The van der Waals surface area contributed by atoms with Crippen molar-refractivity contribution in [3.63, 3.8) is 0 Å². The van der Waals surface area contributed by atoms with Crippen molar-refractivity contribution in [2.75, 3.05) is 6.61 Å². The molecule has 0 rings (SSSR count). The van der Waals surface area contributed by atoms with E-state index in [1.54, 1.807) is 0 Å². The van der Waals surface area contributed by atoms with Gasteiger partial charge in [-0.3, -0.25) is 0 Å². The second kappa shape index (κ2) is 6.62. The van der Waals surface area contributed by atoms with E-state index in [2.05, 4.69) is 0 Å². The van der Waals surface area contributed by atoms with E-state index < -0.39 is 7.14 Å². The third kappa shape index (κ3) is 5.10. The van der Waals surface area contributed by atoms with Gasteiger partial charge in [-0.1, -0.05) is 0 Å². The molecule has 0 aromatic carbocycles. The van der Waals surface area contributed by atoms with Gasteiger partial charge < -0.3 is 0 Å². The molecule has 0 saturated heterocycles. The summed E-state index contributed by atoms with van der Waals surface area (Å²) in [6.45, 7) is 8.43. The maximum atomic E-state index is 8.41. The Bertz CT molecular complexity index is 220. The number of nitrogens with zero attached hydrogens (tertiary/aromatic N) is 2. The number of hydrogen-bond donors (Lipinski definition) is 1. The first-order valence-electron chi connectivity index (χ1n) is 5.10. The molecule has 0 fully saturated rings. The molecule has 2 N–H and O–H groups in total. The zero-order valence-corrected chi connectivity index (χ0v) is 11.6. The van der Waals surface area contributed by atoms with Crippen LogP contribution in [0.25, 0.3) is 0 Å². The van der Waals surface area contributed by atoms with E-state index in [1.807, 2.05) is 38.4 Å². The molecule has 90 valence electrons. The van der Waals surface area contributed by atoms with Gasteiger partial charge in [0, 0.05) is 0 Å². The summed E-state index contributed by atoms with van der Waals surface area (Å²) in [6.07, 6.45) is 0.322. The second-order valence-electron chi connectivity index (χ2n) is 3.96. The van der Waals surface area contributed by atoms with Crippen LogP contribution in [-0.2, 0) is 4.52 Å². The Morgan fingerprint density at radius 1 is 1.40 bits per heavy atom. The first-order chi connectivity index (χ1) is 6.83. The van der Waals surface area contributed by atoms with Crippen molar-refractivity contribution in [3.05, 3.63) is 0 Å². The van der Waals surface area contributed by atoms with Gasteiger partial charge in [-0.2, -0.15) is 0 Å². The predicted octanol–water partition coefficient (Wildman–Crippen LogP) is 2.64. The molecule has 0 radical (unpaired) electrons. The summed E-state index contributed by atoms with van der Waals surface area (Å²) in [5.74, 6) is 0. The fraction of sp³-hybridized carbons (Fsp3) is 0.889. The van der Waals surface area contributed by atoms with Gasteiger partial charge in [0.15, 0.2) is 0 Å². The second-order valence-corrected chi connectivity index (χ2v) is 7.61. The number of rotatable bonds is 6. The van der Waals surface area contributed by atoms with Crippen LogP contribution in [0.2, 0.25) is 0 Å². The number of hydrogen-bond acceptors (Lipinski definition) is 4. The zero-order chi connectivity index (χ0) is 12.1. The van der Waals surface area contributed by atoms with Crippen molar-refractivity contribution >= 4 is 18.4 Å². The standard InChI is InChI=1S/C9H21ClN3OP/c1-8(2)13(9(3)4)15(10,12)14-7-5-6-11/h8-9,15H,5,7,12H2,1-4H3. The van der Waals surface area contributed by atoms with Crippen LogP contribution in [0.1, 0.15) is 34.1 Å². The minimum absolute atomic E-state index is 0.237. The maximum absolute atomic E-state index is 8.41. The van der Waals surface area contributed by atoms with Crippen LogP contribution in [0.5, 0.6) is 0 Å². The predicted molar refractivity (Wildman–Crippen MR) is 66.6 cm³/mol. The van der Waals surface area contributed by atoms with Gasteiger partial charge in [0.05, 0.1) is 0 Å². The molecule has 0 bridgehead atoms. The fourth-order valence-electron chi connectivity index (χ4n) is 1.61. The van der Waals surface area contributed by atoms with Crippen molar-refractivity contribution in [3.8, 4) is 6.07 Å². The summed E-state index contributed by atoms with van der Waals surface area (Å²) in [6, 6.07) is 2.48. The van der Waals surface area contributed by atoms with Gasteiger partial charge in [-0.15, -0.1) is 0 Å². The Morgan fingerprint density at radius 3 is 2.20 bits per heavy atom. The van der Waals surface area contributed by atoms with Crippen LogP contribution in [0.15, 0.2) is 0 Å². The van der Waals surface area contributed by atoms with Crippen molar-refractivity contribution in [2.45, 2.75) is 46.2 Å². The van der Waals surface area contributed by atoms with Crippen LogP contribution >= 0.6 is 18.4 Å². The Kier molecular flexibility index (Phi) is 6.66. The van der Waals surface area contributed by atoms with Crippen LogP contribution < -0.4 is 5.50 Å². The van der Waals surface area contributed by atoms with Crippen LogP contribution in [0, 0.1) is 11.3 Å². The topological polar surface area (TPSA) is 62.3 Å². The van der Waals surface area contributed by atoms with E-state index in [4.69, 9.17) is 26.5 Å². The molecular formula is C9H21ClN3OP. The van der Waals surface area contributed by atoms with E-state index in [0.29, 0.717) is 13.0 Å². The summed E-state index contributed by atoms with van der Waals surface area (Å²) in [5, 5.41) is 8.41. The Balaban J connectivity index is 4.44. The van der Waals surface area contributed by atoms with Gasteiger partial charge >= 0.3 is 97.2 Å². The fourth-order valence-corrected chi connectivity index (χ4v) is 4.96. The average molecular weight is 254 g/mol. The molecule has 4 nitrogen and oxygen atoms in total. The molecule has 0 aliphatic heterocycles. The molecule has 6 heteroatoms. The third-order valence-electron chi connectivity index (χ3n) is 1.98. The molecule has 0 atom stereocenters.